The SMILES string of the molecule is CN=C(NCCCCNc1ccccn1)NCc1ccco1. The molecule has 2 aromatic heterocycles. The van der Waals surface area contributed by atoms with Crippen LogP contribution in [0.15, 0.2) is 52.2 Å². The summed E-state index contributed by atoms with van der Waals surface area (Å²) in [6.07, 6.45) is 5.58. The molecule has 0 saturated heterocycles. The number of hydrogen-bond donors (Lipinski definition) is 3. The fourth-order valence-electron chi connectivity index (χ4n) is 1.95. The summed E-state index contributed by atoms with van der Waals surface area (Å²) in [5.41, 5.74) is 0. The van der Waals surface area contributed by atoms with Crippen LogP contribution < -0.4 is 16.0 Å². The quantitative estimate of drug-likeness (QED) is 0.396. The van der Waals surface area contributed by atoms with Crippen molar-refractivity contribution in [3.63, 3.8) is 0 Å². The summed E-state index contributed by atoms with van der Waals surface area (Å²) in [6, 6.07) is 9.67. The maximum Gasteiger partial charge on any atom is 0.191 e. The van der Waals surface area contributed by atoms with Crippen LogP contribution in [-0.2, 0) is 6.54 Å². The molecule has 2 heterocycles. The van der Waals surface area contributed by atoms with Crippen LogP contribution in [-0.4, -0.2) is 31.1 Å². The van der Waals surface area contributed by atoms with E-state index in [1.165, 1.54) is 0 Å². The molecule has 0 atom stereocenters. The van der Waals surface area contributed by atoms with Crippen LogP contribution in [0.4, 0.5) is 5.82 Å². The Hall–Kier alpha value is -2.50. The average Bonchev–Trinajstić information content (AvgIpc) is 3.08. The molecule has 118 valence electrons. The number of unbranched alkanes of at least 4 members (excludes halogenated alkanes) is 1. The van der Waals surface area contributed by atoms with Gasteiger partial charge in [-0.15, -0.1) is 0 Å². The van der Waals surface area contributed by atoms with E-state index in [-0.39, 0.29) is 0 Å². The van der Waals surface area contributed by atoms with Gasteiger partial charge in [-0.3, -0.25) is 4.99 Å². The Morgan fingerprint density at radius 3 is 2.77 bits per heavy atom. The highest BCUT2D eigenvalue weighted by molar-refractivity contribution is 5.79. The molecular weight excluding hydrogens is 278 g/mol. The van der Waals surface area contributed by atoms with Crippen molar-refractivity contribution in [2.75, 3.05) is 25.5 Å². The normalized spacial score (nSPS) is 11.2. The molecule has 6 heteroatoms. The van der Waals surface area contributed by atoms with Gasteiger partial charge >= 0.3 is 0 Å². The highest BCUT2D eigenvalue weighted by atomic mass is 16.3. The fourth-order valence-corrected chi connectivity index (χ4v) is 1.95. The number of furan rings is 1. The Bertz CT molecular complexity index is 539. The van der Waals surface area contributed by atoms with E-state index in [2.05, 4.69) is 25.9 Å². The summed E-state index contributed by atoms with van der Waals surface area (Å²) in [4.78, 5) is 8.40. The minimum atomic E-state index is 0.633. The van der Waals surface area contributed by atoms with Gasteiger partial charge in [0.15, 0.2) is 5.96 Å². The van der Waals surface area contributed by atoms with Gasteiger partial charge in [-0.2, -0.15) is 0 Å². The number of nitrogens with zero attached hydrogens (tertiary/aromatic N) is 2. The van der Waals surface area contributed by atoms with Crippen molar-refractivity contribution >= 4 is 11.8 Å². The maximum absolute atomic E-state index is 5.27. The Morgan fingerprint density at radius 2 is 2.05 bits per heavy atom. The second-order valence-corrected chi connectivity index (χ2v) is 4.78. The van der Waals surface area contributed by atoms with Gasteiger partial charge in [0.1, 0.15) is 11.6 Å². The second kappa shape index (κ2) is 9.44. The predicted octanol–water partition coefficient (Wildman–Crippen LogP) is 2.23. The molecule has 0 radical (unpaired) electrons. The summed E-state index contributed by atoms with van der Waals surface area (Å²) in [5, 5.41) is 9.79. The molecule has 6 nitrogen and oxygen atoms in total. The minimum Gasteiger partial charge on any atom is -0.467 e. The fraction of sp³-hybridized carbons (Fsp3) is 0.375. The van der Waals surface area contributed by atoms with Crippen LogP contribution >= 0.6 is 0 Å². The number of nitrogens with one attached hydrogen (secondary N) is 3. The molecule has 0 aliphatic carbocycles. The highest BCUT2D eigenvalue weighted by Crippen LogP contribution is 2.00. The van der Waals surface area contributed by atoms with Gasteiger partial charge < -0.3 is 20.4 Å². The van der Waals surface area contributed by atoms with E-state index < -0.39 is 0 Å². The summed E-state index contributed by atoms with van der Waals surface area (Å²) in [5.74, 6) is 2.60. The zero-order valence-electron chi connectivity index (χ0n) is 12.9. The minimum absolute atomic E-state index is 0.633. The van der Waals surface area contributed by atoms with Crippen LogP contribution in [0.5, 0.6) is 0 Å². The predicted molar refractivity (Wildman–Crippen MR) is 88.9 cm³/mol. The first-order valence-corrected chi connectivity index (χ1v) is 7.50. The van der Waals surface area contributed by atoms with Gasteiger partial charge in [0, 0.05) is 26.3 Å². The van der Waals surface area contributed by atoms with Crippen LogP contribution in [0.1, 0.15) is 18.6 Å². The van der Waals surface area contributed by atoms with Crippen molar-refractivity contribution in [2.24, 2.45) is 4.99 Å². The Labute approximate surface area is 131 Å². The maximum atomic E-state index is 5.27. The van der Waals surface area contributed by atoms with Crippen molar-refractivity contribution in [1.29, 1.82) is 0 Å². The second-order valence-electron chi connectivity index (χ2n) is 4.78. The number of anilines is 1. The molecule has 2 rings (SSSR count). The number of aliphatic imine (C=N–C) groups is 1. The van der Waals surface area contributed by atoms with Gasteiger partial charge in [-0.1, -0.05) is 6.07 Å². The Balaban J connectivity index is 1.53. The number of aromatic nitrogens is 1. The van der Waals surface area contributed by atoms with Gasteiger partial charge in [0.05, 0.1) is 12.8 Å². The largest absolute Gasteiger partial charge is 0.467 e. The van der Waals surface area contributed by atoms with Crippen molar-refractivity contribution in [1.82, 2.24) is 15.6 Å². The summed E-state index contributed by atoms with van der Waals surface area (Å²) >= 11 is 0. The average molecular weight is 301 g/mol. The number of guanidine groups is 1. The van der Waals surface area contributed by atoms with Crippen LogP contribution in [0, 0.1) is 0 Å². The standard InChI is InChI=1S/C16H23N5O/c1-17-16(21-13-14-7-6-12-22-14)20-11-5-4-10-19-15-8-2-3-9-18-15/h2-3,6-9,12H,4-5,10-11,13H2,1H3,(H,18,19)(H2,17,20,21). The molecule has 2 aromatic rings. The molecule has 0 aliphatic rings. The number of pyridine rings is 1. The third-order valence-electron chi connectivity index (χ3n) is 3.10. The lowest BCUT2D eigenvalue weighted by atomic mass is 10.3. The topological polar surface area (TPSA) is 74.5 Å². The molecule has 22 heavy (non-hydrogen) atoms. The zero-order chi connectivity index (χ0) is 15.5. The monoisotopic (exact) mass is 301 g/mol. The van der Waals surface area contributed by atoms with E-state index in [0.717, 1.165) is 43.5 Å². The first kappa shape index (κ1) is 15.9. The van der Waals surface area contributed by atoms with Gasteiger partial charge in [0.25, 0.3) is 0 Å². The van der Waals surface area contributed by atoms with Crippen LogP contribution in [0.25, 0.3) is 0 Å². The van der Waals surface area contributed by atoms with E-state index in [1.54, 1.807) is 19.5 Å². The Morgan fingerprint density at radius 1 is 1.14 bits per heavy atom. The van der Waals surface area contributed by atoms with Crippen molar-refractivity contribution in [3.8, 4) is 0 Å². The van der Waals surface area contributed by atoms with Gasteiger partial charge in [0.2, 0.25) is 0 Å². The lowest BCUT2D eigenvalue weighted by Crippen LogP contribution is -2.37. The smallest absolute Gasteiger partial charge is 0.191 e. The van der Waals surface area contributed by atoms with Crippen molar-refractivity contribution in [3.05, 3.63) is 48.6 Å². The number of hydrogen-bond acceptors (Lipinski definition) is 4. The summed E-state index contributed by atoms with van der Waals surface area (Å²) in [6.45, 7) is 2.42. The van der Waals surface area contributed by atoms with Gasteiger partial charge in [-0.25, -0.2) is 4.98 Å². The first-order chi connectivity index (χ1) is 10.9. The highest BCUT2D eigenvalue weighted by Gasteiger charge is 1.99. The third-order valence-corrected chi connectivity index (χ3v) is 3.10. The van der Waals surface area contributed by atoms with E-state index in [4.69, 9.17) is 4.42 Å². The van der Waals surface area contributed by atoms with E-state index in [0.29, 0.717) is 6.54 Å². The molecule has 0 saturated carbocycles. The molecular formula is C16H23N5O. The van der Waals surface area contributed by atoms with Gasteiger partial charge in [-0.05, 0) is 37.1 Å². The molecule has 0 amide bonds. The lowest BCUT2D eigenvalue weighted by molar-refractivity contribution is 0.501. The molecule has 0 aliphatic heterocycles. The van der Waals surface area contributed by atoms with Crippen molar-refractivity contribution in [2.45, 2.75) is 19.4 Å². The zero-order valence-corrected chi connectivity index (χ0v) is 12.9. The molecule has 0 aromatic carbocycles. The molecule has 0 bridgehead atoms. The summed E-state index contributed by atoms with van der Waals surface area (Å²) < 4.78 is 5.27. The van der Waals surface area contributed by atoms with E-state index >= 15 is 0 Å². The molecule has 0 fully saturated rings. The van der Waals surface area contributed by atoms with Crippen molar-refractivity contribution < 1.29 is 4.42 Å². The molecule has 3 N–H and O–H groups in total. The molecule has 0 spiro atoms. The number of rotatable bonds is 8. The van der Waals surface area contributed by atoms with Crippen LogP contribution in [0.3, 0.4) is 0 Å². The van der Waals surface area contributed by atoms with Crippen LogP contribution in [0.2, 0.25) is 0 Å². The Kier molecular flexibility index (Phi) is 6.81. The summed E-state index contributed by atoms with van der Waals surface area (Å²) in [7, 11) is 1.76. The molecule has 0 unspecified atom stereocenters. The lowest BCUT2D eigenvalue weighted by Gasteiger charge is -2.11. The van der Waals surface area contributed by atoms with E-state index in [9.17, 15) is 0 Å². The van der Waals surface area contributed by atoms with E-state index in [1.807, 2.05) is 30.3 Å². The third kappa shape index (κ3) is 5.87. The first-order valence-electron chi connectivity index (χ1n) is 7.50.